The number of hydrogen-bond acceptors (Lipinski definition) is 6. The molecule has 1 aromatic carbocycles. The molecule has 6 nitrogen and oxygen atoms in total. The zero-order valence-corrected chi connectivity index (χ0v) is 12.7. The van der Waals surface area contributed by atoms with Crippen molar-refractivity contribution in [1.82, 2.24) is 15.1 Å². The number of anilines is 1. The van der Waals surface area contributed by atoms with Crippen molar-refractivity contribution < 1.29 is 9.26 Å². The van der Waals surface area contributed by atoms with Crippen molar-refractivity contribution in [2.24, 2.45) is 0 Å². The summed E-state index contributed by atoms with van der Waals surface area (Å²) < 4.78 is 11.2. The molecule has 0 unspecified atom stereocenters. The highest BCUT2D eigenvalue weighted by atomic mass is 79.9. The summed E-state index contributed by atoms with van der Waals surface area (Å²) in [6.07, 6.45) is 3.36. The average molecular weight is 347 g/mol. The lowest BCUT2D eigenvalue weighted by atomic mass is 10.2. The molecule has 0 saturated heterocycles. The summed E-state index contributed by atoms with van der Waals surface area (Å²) in [6, 6.07) is 7.17. The van der Waals surface area contributed by atoms with E-state index in [9.17, 15) is 0 Å². The Kier molecular flexibility index (Phi) is 3.57. The highest BCUT2D eigenvalue weighted by molar-refractivity contribution is 9.10. The second-order valence-corrected chi connectivity index (χ2v) is 5.19. The molecular weight excluding hydrogens is 336 g/mol. The predicted octanol–water partition coefficient (Wildman–Crippen LogP) is 3.15. The van der Waals surface area contributed by atoms with Crippen LogP contribution in [0.25, 0.3) is 22.8 Å². The average Bonchev–Trinajstić information content (AvgIpc) is 2.97. The predicted molar refractivity (Wildman–Crippen MR) is 81.6 cm³/mol. The number of rotatable bonds is 3. The van der Waals surface area contributed by atoms with Gasteiger partial charge in [0.05, 0.1) is 12.8 Å². The molecule has 2 heterocycles. The summed E-state index contributed by atoms with van der Waals surface area (Å²) in [7, 11) is 1.57. The molecule has 0 spiro atoms. The van der Waals surface area contributed by atoms with Gasteiger partial charge < -0.3 is 15.0 Å². The lowest BCUT2D eigenvalue weighted by molar-refractivity contribution is 0.416. The van der Waals surface area contributed by atoms with Gasteiger partial charge in [0.2, 0.25) is 5.82 Å². The number of benzene rings is 1. The summed E-state index contributed by atoms with van der Waals surface area (Å²) in [5, 5.41) is 3.96. The van der Waals surface area contributed by atoms with Gasteiger partial charge in [0.1, 0.15) is 5.75 Å². The van der Waals surface area contributed by atoms with Gasteiger partial charge in [0, 0.05) is 28.0 Å². The Morgan fingerprint density at radius 1 is 1.19 bits per heavy atom. The number of nitrogen functional groups attached to an aromatic ring is 1. The maximum atomic E-state index is 5.88. The van der Waals surface area contributed by atoms with E-state index in [4.69, 9.17) is 15.0 Å². The number of halogens is 1. The van der Waals surface area contributed by atoms with Gasteiger partial charge in [-0.15, -0.1) is 0 Å². The van der Waals surface area contributed by atoms with Crippen molar-refractivity contribution in [2.45, 2.75) is 0 Å². The van der Waals surface area contributed by atoms with Crippen molar-refractivity contribution in [3.63, 3.8) is 0 Å². The highest BCUT2D eigenvalue weighted by Gasteiger charge is 2.12. The Morgan fingerprint density at radius 3 is 2.76 bits per heavy atom. The smallest absolute Gasteiger partial charge is 0.258 e. The van der Waals surface area contributed by atoms with Crippen LogP contribution in [0.1, 0.15) is 0 Å². The molecular formula is C14H11BrN4O2. The number of hydrogen-bond donors (Lipinski definition) is 1. The first kappa shape index (κ1) is 13.6. The third kappa shape index (κ3) is 2.73. The zero-order valence-electron chi connectivity index (χ0n) is 11.1. The number of methoxy groups -OCH3 is 1. The first-order chi connectivity index (χ1) is 10.2. The van der Waals surface area contributed by atoms with Crippen LogP contribution in [0.3, 0.4) is 0 Å². The summed E-state index contributed by atoms with van der Waals surface area (Å²) in [6.45, 7) is 0. The molecule has 21 heavy (non-hydrogen) atoms. The van der Waals surface area contributed by atoms with E-state index in [2.05, 4.69) is 31.1 Å². The minimum atomic E-state index is 0.388. The second-order valence-electron chi connectivity index (χ2n) is 4.27. The fourth-order valence-corrected chi connectivity index (χ4v) is 2.22. The quantitative estimate of drug-likeness (QED) is 0.733. The van der Waals surface area contributed by atoms with E-state index < -0.39 is 0 Å². The third-order valence-electron chi connectivity index (χ3n) is 2.87. The standard InChI is InChI=1S/C14H11BrN4O2/c1-20-12-3-2-8(5-11(12)16)14-18-13(19-21-14)9-4-10(15)7-17-6-9/h2-7H,16H2,1H3. The summed E-state index contributed by atoms with van der Waals surface area (Å²) in [5.74, 6) is 1.46. The Morgan fingerprint density at radius 2 is 2.05 bits per heavy atom. The molecule has 0 aliphatic carbocycles. The number of nitrogens with two attached hydrogens (primary N) is 1. The van der Waals surface area contributed by atoms with E-state index in [-0.39, 0.29) is 0 Å². The Balaban J connectivity index is 1.96. The van der Waals surface area contributed by atoms with E-state index in [1.807, 2.05) is 12.1 Å². The number of nitrogens with zero attached hydrogens (tertiary/aromatic N) is 3. The van der Waals surface area contributed by atoms with Crippen LogP contribution >= 0.6 is 15.9 Å². The van der Waals surface area contributed by atoms with Crippen molar-refractivity contribution in [1.29, 1.82) is 0 Å². The van der Waals surface area contributed by atoms with Gasteiger partial charge in [-0.25, -0.2) is 0 Å². The first-order valence-corrected chi connectivity index (χ1v) is 6.85. The van der Waals surface area contributed by atoms with Crippen molar-refractivity contribution in [3.05, 3.63) is 41.1 Å². The van der Waals surface area contributed by atoms with Gasteiger partial charge in [0.25, 0.3) is 5.89 Å². The lowest BCUT2D eigenvalue weighted by Gasteiger charge is -2.04. The van der Waals surface area contributed by atoms with Crippen LogP contribution in [0.5, 0.6) is 5.75 Å². The van der Waals surface area contributed by atoms with Gasteiger partial charge in [-0.3, -0.25) is 4.98 Å². The molecule has 106 valence electrons. The molecule has 0 fully saturated rings. The van der Waals surface area contributed by atoms with Gasteiger partial charge in [-0.2, -0.15) is 4.98 Å². The van der Waals surface area contributed by atoms with E-state index in [1.54, 1.807) is 31.6 Å². The maximum Gasteiger partial charge on any atom is 0.258 e. The van der Waals surface area contributed by atoms with Crippen molar-refractivity contribution in [3.8, 4) is 28.6 Å². The normalized spacial score (nSPS) is 10.6. The fourth-order valence-electron chi connectivity index (χ4n) is 1.86. The molecule has 0 amide bonds. The molecule has 0 bridgehead atoms. The topological polar surface area (TPSA) is 87.1 Å². The van der Waals surface area contributed by atoms with Gasteiger partial charge in [-0.1, -0.05) is 5.16 Å². The molecule has 0 saturated carbocycles. The Labute approximate surface area is 129 Å². The molecule has 7 heteroatoms. The van der Waals surface area contributed by atoms with E-state index >= 15 is 0 Å². The van der Waals surface area contributed by atoms with Crippen LogP contribution in [-0.2, 0) is 0 Å². The largest absolute Gasteiger partial charge is 0.495 e. The highest BCUT2D eigenvalue weighted by Crippen LogP contribution is 2.28. The monoisotopic (exact) mass is 346 g/mol. The molecule has 0 atom stereocenters. The third-order valence-corrected chi connectivity index (χ3v) is 3.30. The van der Waals surface area contributed by atoms with E-state index in [0.29, 0.717) is 23.2 Å². The SMILES string of the molecule is COc1ccc(-c2nc(-c3cncc(Br)c3)no2)cc1N. The Bertz CT molecular complexity index is 788. The molecule has 0 aliphatic heterocycles. The number of ether oxygens (including phenoxy) is 1. The van der Waals surface area contributed by atoms with Gasteiger partial charge in [-0.05, 0) is 40.2 Å². The van der Waals surface area contributed by atoms with Gasteiger partial charge >= 0.3 is 0 Å². The zero-order chi connectivity index (χ0) is 14.8. The summed E-state index contributed by atoms with van der Waals surface area (Å²) >= 11 is 3.36. The van der Waals surface area contributed by atoms with Crippen molar-refractivity contribution >= 4 is 21.6 Å². The number of aromatic nitrogens is 3. The molecule has 0 radical (unpaired) electrons. The molecule has 2 aromatic heterocycles. The molecule has 3 rings (SSSR count). The van der Waals surface area contributed by atoms with Crippen LogP contribution in [0.15, 0.2) is 45.7 Å². The van der Waals surface area contributed by atoms with Crippen LogP contribution in [0.4, 0.5) is 5.69 Å². The maximum absolute atomic E-state index is 5.88. The van der Waals surface area contributed by atoms with Crippen molar-refractivity contribution in [2.75, 3.05) is 12.8 Å². The van der Waals surface area contributed by atoms with Crippen LogP contribution < -0.4 is 10.5 Å². The second kappa shape index (κ2) is 5.53. The minimum Gasteiger partial charge on any atom is -0.495 e. The molecule has 2 N–H and O–H groups in total. The number of pyridine rings is 1. The molecule has 0 aliphatic rings. The minimum absolute atomic E-state index is 0.388. The summed E-state index contributed by atoms with van der Waals surface area (Å²) in [5.41, 5.74) is 7.88. The first-order valence-electron chi connectivity index (χ1n) is 6.06. The summed E-state index contributed by atoms with van der Waals surface area (Å²) in [4.78, 5) is 8.43. The van der Waals surface area contributed by atoms with E-state index in [0.717, 1.165) is 15.6 Å². The Hall–Kier alpha value is -2.41. The van der Waals surface area contributed by atoms with Crippen LogP contribution in [0.2, 0.25) is 0 Å². The van der Waals surface area contributed by atoms with Crippen LogP contribution in [-0.4, -0.2) is 22.2 Å². The van der Waals surface area contributed by atoms with Crippen LogP contribution in [0, 0.1) is 0 Å². The lowest BCUT2D eigenvalue weighted by Crippen LogP contribution is -1.92. The fraction of sp³-hybridized carbons (Fsp3) is 0.0714. The van der Waals surface area contributed by atoms with E-state index in [1.165, 1.54) is 0 Å². The van der Waals surface area contributed by atoms with Gasteiger partial charge in [0.15, 0.2) is 0 Å². The molecule has 3 aromatic rings.